The van der Waals surface area contributed by atoms with Crippen LogP contribution in [0.15, 0.2) is 53.1 Å². The molecule has 0 aliphatic rings. The number of benzene rings is 2. The summed E-state index contributed by atoms with van der Waals surface area (Å²) in [6, 6.07) is 16.2. The Morgan fingerprint density at radius 3 is 2.70 bits per heavy atom. The van der Waals surface area contributed by atoms with E-state index in [2.05, 4.69) is 52.7 Å². The Morgan fingerprint density at radius 2 is 1.90 bits per heavy atom. The normalized spacial score (nSPS) is 12.1. The molecule has 0 radical (unpaired) electrons. The van der Waals surface area contributed by atoms with Crippen LogP contribution >= 0.6 is 0 Å². The van der Waals surface area contributed by atoms with Gasteiger partial charge in [0.15, 0.2) is 11.5 Å². The van der Waals surface area contributed by atoms with Crippen LogP contribution in [0.2, 0.25) is 0 Å². The van der Waals surface area contributed by atoms with Crippen molar-refractivity contribution in [2.45, 2.75) is 51.5 Å². The number of phenols is 1. The predicted octanol–water partition coefficient (Wildman–Crippen LogP) is 4.77. The Bertz CT molecular complexity index is 896. The lowest BCUT2D eigenvalue weighted by molar-refractivity contribution is 0.371. The van der Waals surface area contributed by atoms with Crippen LogP contribution in [0.1, 0.15) is 44.1 Å². The quantitative estimate of drug-likeness (QED) is 0.419. The number of aromatic nitrogens is 2. The van der Waals surface area contributed by atoms with Gasteiger partial charge in [0.25, 0.3) is 0 Å². The van der Waals surface area contributed by atoms with E-state index >= 15 is 0 Å². The minimum atomic E-state index is 0.0907. The summed E-state index contributed by atoms with van der Waals surface area (Å²) >= 11 is 0. The first-order valence-corrected chi connectivity index (χ1v) is 10.6. The van der Waals surface area contributed by atoms with Gasteiger partial charge in [-0.05, 0) is 62.9 Å². The second kappa shape index (κ2) is 11.4. The molecule has 1 atom stereocenters. The van der Waals surface area contributed by atoms with Gasteiger partial charge in [0, 0.05) is 18.0 Å². The van der Waals surface area contributed by atoms with Crippen molar-refractivity contribution < 1.29 is 14.4 Å². The molecule has 0 saturated carbocycles. The first kappa shape index (κ1) is 21.8. The summed E-state index contributed by atoms with van der Waals surface area (Å²) < 4.78 is 10.5. The molecule has 2 N–H and O–H groups in total. The van der Waals surface area contributed by atoms with Gasteiger partial charge in [-0.25, -0.2) is 0 Å². The minimum absolute atomic E-state index is 0.0907. The van der Waals surface area contributed by atoms with Gasteiger partial charge in [0.1, 0.15) is 0 Å². The topological polar surface area (TPSA) is 80.4 Å². The van der Waals surface area contributed by atoms with Crippen LogP contribution < -0.4 is 10.1 Å². The van der Waals surface area contributed by atoms with Crippen molar-refractivity contribution in [2.24, 2.45) is 0 Å². The lowest BCUT2D eigenvalue weighted by Gasteiger charge is -2.13. The number of aromatic hydroxyl groups is 1. The van der Waals surface area contributed by atoms with Crippen molar-refractivity contribution in [3.8, 4) is 22.9 Å². The third-order valence-electron chi connectivity index (χ3n) is 5.18. The minimum Gasteiger partial charge on any atom is -0.504 e. The maximum atomic E-state index is 9.70. The molecule has 6 nitrogen and oxygen atoms in total. The van der Waals surface area contributed by atoms with Gasteiger partial charge in [-0.1, -0.05) is 41.9 Å². The highest BCUT2D eigenvalue weighted by molar-refractivity contribution is 5.60. The summed E-state index contributed by atoms with van der Waals surface area (Å²) in [5.74, 6) is 1.63. The Kier molecular flexibility index (Phi) is 8.27. The molecule has 1 aromatic heterocycles. The summed E-state index contributed by atoms with van der Waals surface area (Å²) in [5, 5.41) is 17.3. The number of nitrogens with zero attached hydrogens (tertiary/aromatic N) is 2. The number of hydrogen-bond acceptors (Lipinski definition) is 6. The molecular weight excluding hydrogens is 378 g/mol. The summed E-state index contributed by atoms with van der Waals surface area (Å²) in [7, 11) is 1.51. The van der Waals surface area contributed by atoms with Crippen LogP contribution in [0.4, 0.5) is 0 Å². The predicted molar refractivity (Wildman–Crippen MR) is 118 cm³/mol. The van der Waals surface area contributed by atoms with Crippen molar-refractivity contribution in [1.82, 2.24) is 15.5 Å². The van der Waals surface area contributed by atoms with E-state index in [1.165, 1.54) is 12.7 Å². The molecule has 0 aliphatic carbocycles. The van der Waals surface area contributed by atoms with Gasteiger partial charge in [-0.2, -0.15) is 4.98 Å². The first-order valence-electron chi connectivity index (χ1n) is 10.6. The van der Waals surface area contributed by atoms with Crippen LogP contribution in [0.3, 0.4) is 0 Å². The van der Waals surface area contributed by atoms with E-state index in [1.54, 1.807) is 18.2 Å². The second-order valence-electron chi connectivity index (χ2n) is 7.59. The molecule has 0 fully saturated rings. The van der Waals surface area contributed by atoms with Crippen LogP contribution in [0.25, 0.3) is 11.4 Å². The monoisotopic (exact) mass is 409 g/mol. The van der Waals surface area contributed by atoms with Gasteiger partial charge < -0.3 is 19.7 Å². The van der Waals surface area contributed by atoms with Crippen molar-refractivity contribution >= 4 is 0 Å². The van der Waals surface area contributed by atoms with Crippen molar-refractivity contribution in [1.29, 1.82) is 0 Å². The first-order chi connectivity index (χ1) is 14.7. The Hall–Kier alpha value is -2.86. The fourth-order valence-corrected chi connectivity index (χ4v) is 3.35. The zero-order chi connectivity index (χ0) is 21.2. The number of unbranched alkanes of at least 4 members (excludes halogenated alkanes) is 2. The highest BCUT2D eigenvalue weighted by atomic mass is 16.5. The van der Waals surface area contributed by atoms with Crippen molar-refractivity contribution in [2.75, 3.05) is 13.7 Å². The molecule has 0 amide bonds. The zero-order valence-electron chi connectivity index (χ0n) is 17.8. The Morgan fingerprint density at radius 1 is 1.07 bits per heavy atom. The molecule has 0 unspecified atom stereocenters. The lowest BCUT2D eigenvalue weighted by Crippen LogP contribution is -2.27. The molecule has 0 saturated heterocycles. The van der Waals surface area contributed by atoms with E-state index in [9.17, 15) is 5.11 Å². The molecule has 30 heavy (non-hydrogen) atoms. The number of hydrogen-bond donors (Lipinski definition) is 2. The number of phenolic OH excluding ortho intramolecular Hbond substituents is 1. The van der Waals surface area contributed by atoms with E-state index in [0.717, 1.165) is 50.6 Å². The molecular formula is C24H31N3O3. The second-order valence-corrected chi connectivity index (χ2v) is 7.59. The highest BCUT2D eigenvalue weighted by Crippen LogP contribution is 2.30. The van der Waals surface area contributed by atoms with Gasteiger partial charge in [0.2, 0.25) is 11.7 Å². The average molecular weight is 410 g/mol. The van der Waals surface area contributed by atoms with Crippen molar-refractivity contribution in [3.05, 3.63) is 60.0 Å². The third-order valence-corrected chi connectivity index (χ3v) is 5.18. The SMILES string of the molecule is COc1cc(-c2noc(CCCCCN[C@@H](C)CCc3ccccc3)n2)ccc1O. The van der Waals surface area contributed by atoms with E-state index < -0.39 is 0 Å². The van der Waals surface area contributed by atoms with Crippen LogP contribution in [-0.2, 0) is 12.8 Å². The summed E-state index contributed by atoms with van der Waals surface area (Å²) in [4.78, 5) is 4.45. The molecule has 0 spiro atoms. The van der Waals surface area contributed by atoms with Gasteiger partial charge in [0.05, 0.1) is 7.11 Å². The largest absolute Gasteiger partial charge is 0.504 e. The summed E-state index contributed by atoms with van der Waals surface area (Å²) in [6.45, 7) is 3.28. The van der Waals surface area contributed by atoms with E-state index in [4.69, 9.17) is 9.26 Å². The molecule has 0 bridgehead atoms. The number of aryl methyl sites for hydroxylation is 2. The van der Waals surface area contributed by atoms with Gasteiger partial charge >= 0.3 is 0 Å². The Labute approximate surface area is 178 Å². The summed E-state index contributed by atoms with van der Waals surface area (Å²) in [5.41, 5.74) is 2.16. The molecule has 2 aromatic carbocycles. The zero-order valence-corrected chi connectivity index (χ0v) is 17.8. The molecule has 3 aromatic rings. The van der Waals surface area contributed by atoms with Crippen LogP contribution in [-0.4, -0.2) is 34.9 Å². The molecule has 3 rings (SSSR count). The summed E-state index contributed by atoms with van der Waals surface area (Å²) in [6.07, 6.45) is 6.29. The van der Waals surface area contributed by atoms with Gasteiger partial charge in [-0.3, -0.25) is 0 Å². The third kappa shape index (κ3) is 6.59. The molecule has 6 heteroatoms. The number of methoxy groups -OCH3 is 1. The highest BCUT2D eigenvalue weighted by Gasteiger charge is 2.11. The fraction of sp³-hybridized carbons (Fsp3) is 0.417. The molecule has 1 heterocycles. The van der Waals surface area contributed by atoms with E-state index in [0.29, 0.717) is 23.5 Å². The number of nitrogens with one attached hydrogen (secondary N) is 1. The van der Waals surface area contributed by atoms with Crippen LogP contribution in [0, 0.1) is 0 Å². The Balaban J connectivity index is 1.31. The van der Waals surface area contributed by atoms with E-state index in [-0.39, 0.29) is 5.75 Å². The number of rotatable bonds is 12. The van der Waals surface area contributed by atoms with E-state index in [1.807, 2.05) is 0 Å². The maximum absolute atomic E-state index is 9.70. The standard InChI is InChI=1S/C24H31N3O3/c1-18(12-13-19-9-5-3-6-10-19)25-16-8-4-7-11-23-26-24(27-30-23)20-14-15-21(28)22(17-20)29-2/h3,5-6,9-10,14-15,17-18,25,28H,4,7-8,11-13,16H2,1-2H3/t18-/m0/s1. The smallest absolute Gasteiger partial charge is 0.226 e. The van der Waals surface area contributed by atoms with Crippen molar-refractivity contribution in [3.63, 3.8) is 0 Å². The van der Waals surface area contributed by atoms with Gasteiger partial charge in [-0.15, -0.1) is 0 Å². The lowest BCUT2D eigenvalue weighted by atomic mass is 10.1. The number of ether oxygens (including phenoxy) is 1. The molecule has 0 aliphatic heterocycles. The van der Waals surface area contributed by atoms with Crippen LogP contribution in [0.5, 0.6) is 11.5 Å². The molecule has 160 valence electrons. The maximum Gasteiger partial charge on any atom is 0.226 e. The fourth-order valence-electron chi connectivity index (χ4n) is 3.35. The average Bonchev–Trinajstić information content (AvgIpc) is 3.24.